The molecule has 0 aliphatic rings. The summed E-state index contributed by atoms with van der Waals surface area (Å²) in [6.45, 7) is 0. The van der Waals surface area contributed by atoms with Crippen molar-refractivity contribution in [1.29, 1.82) is 0 Å². The highest BCUT2D eigenvalue weighted by molar-refractivity contribution is 6.30. The summed E-state index contributed by atoms with van der Waals surface area (Å²) < 4.78 is 27.0. The van der Waals surface area contributed by atoms with Crippen LogP contribution in [0.3, 0.4) is 0 Å². The first-order chi connectivity index (χ1) is 9.60. The molecule has 106 valence electrons. The van der Waals surface area contributed by atoms with Crippen molar-refractivity contribution in [2.24, 2.45) is 0 Å². The third kappa shape index (κ3) is 3.78. The Morgan fingerprint density at radius 1 is 1.10 bits per heavy atom. The Kier molecular flexibility index (Phi) is 5.10. The van der Waals surface area contributed by atoms with Gasteiger partial charge < -0.3 is 5.32 Å². The molecule has 0 saturated carbocycles. The highest BCUT2D eigenvalue weighted by atomic mass is 35.5. The van der Waals surface area contributed by atoms with E-state index in [1.54, 1.807) is 18.2 Å². The van der Waals surface area contributed by atoms with Crippen molar-refractivity contribution in [1.82, 2.24) is 5.32 Å². The maximum absolute atomic E-state index is 13.9. The van der Waals surface area contributed by atoms with Crippen LogP contribution in [0.5, 0.6) is 0 Å². The summed E-state index contributed by atoms with van der Waals surface area (Å²) in [6.07, 6.45) is 1.12. The molecule has 1 nitrogen and oxygen atoms in total. The Hall–Kier alpha value is -1.45. The normalized spacial score (nSPS) is 12.4. The van der Waals surface area contributed by atoms with E-state index in [0.717, 1.165) is 5.56 Å². The molecule has 0 radical (unpaired) electrons. The van der Waals surface area contributed by atoms with Gasteiger partial charge in [0.15, 0.2) is 0 Å². The zero-order valence-electron chi connectivity index (χ0n) is 11.2. The van der Waals surface area contributed by atoms with Gasteiger partial charge in [0.2, 0.25) is 0 Å². The van der Waals surface area contributed by atoms with Crippen LogP contribution in [0.25, 0.3) is 0 Å². The first kappa shape index (κ1) is 14.9. The van der Waals surface area contributed by atoms with Crippen LogP contribution in [0, 0.1) is 11.6 Å². The third-order valence-electron chi connectivity index (χ3n) is 3.28. The average Bonchev–Trinajstić information content (AvgIpc) is 2.43. The van der Waals surface area contributed by atoms with E-state index in [-0.39, 0.29) is 22.7 Å². The molecule has 1 unspecified atom stereocenters. The van der Waals surface area contributed by atoms with E-state index in [0.29, 0.717) is 18.4 Å². The monoisotopic (exact) mass is 295 g/mol. The zero-order valence-corrected chi connectivity index (χ0v) is 11.9. The van der Waals surface area contributed by atoms with E-state index >= 15 is 0 Å². The molecule has 2 rings (SSSR count). The van der Waals surface area contributed by atoms with Crippen molar-refractivity contribution < 1.29 is 8.78 Å². The number of halogens is 3. The topological polar surface area (TPSA) is 12.0 Å². The molecule has 0 spiro atoms. The lowest BCUT2D eigenvalue weighted by Crippen LogP contribution is -2.30. The summed E-state index contributed by atoms with van der Waals surface area (Å²) in [5.74, 6) is -0.639. The Bertz CT molecular complexity index is 586. The number of hydrogen-bond donors (Lipinski definition) is 1. The van der Waals surface area contributed by atoms with Gasteiger partial charge in [0.1, 0.15) is 11.6 Å². The highest BCUT2D eigenvalue weighted by Crippen LogP contribution is 2.20. The third-order valence-corrected chi connectivity index (χ3v) is 3.57. The van der Waals surface area contributed by atoms with E-state index in [1.165, 1.54) is 18.2 Å². The van der Waals surface area contributed by atoms with Crippen LogP contribution >= 0.6 is 11.6 Å². The first-order valence-corrected chi connectivity index (χ1v) is 6.82. The van der Waals surface area contributed by atoms with Crippen LogP contribution in [0.15, 0.2) is 42.5 Å². The van der Waals surface area contributed by atoms with Crippen molar-refractivity contribution in [3.05, 3.63) is 70.2 Å². The molecule has 0 saturated heterocycles. The summed E-state index contributed by atoms with van der Waals surface area (Å²) in [5, 5.41) is 3.26. The predicted octanol–water partition coefficient (Wildman–Crippen LogP) is 3.99. The van der Waals surface area contributed by atoms with E-state index in [2.05, 4.69) is 5.32 Å². The molecule has 2 aromatic carbocycles. The van der Waals surface area contributed by atoms with Crippen molar-refractivity contribution in [3.8, 4) is 0 Å². The molecule has 1 N–H and O–H groups in total. The summed E-state index contributed by atoms with van der Waals surface area (Å²) in [4.78, 5) is 0. The quantitative estimate of drug-likeness (QED) is 0.879. The minimum atomic E-state index is -0.381. The van der Waals surface area contributed by atoms with Crippen LogP contribution in [0.1, 0.15) is 11.1 Å². The van der Waals surface area contributed by atoms with Crippen LogP contribution < -0.4 is 5.32 Å². The molecular weight excluding hydrogens is 280 g/mol. The molecule has 4 heteroatoms. The van der Waals surface area contributed by atoms with Crippen molar-refractivity contribution >= 4 is 11.6 Å². The molecule has 0 heterocycles. The summed E-state index contributed by atoms with van der Waals surface area (Å²) in [5.41, 5.74) is 1.44. The Morgan fingerprint density at radius 2 is 1.85 bits per heavy atom. The van der Waals surface area contributed by atoms with E-state index in [1.807, 2.05) is 13.1 Å². The predicted molar refractivity (Wildman–Crippen MR) is 78.1 cm³/mol. The SMILES string of the molecule is CNC(Cc1cccc(F)c1)Cc1cccc(Cl)c1F. The lowest BCUT2D eigenvalue weighted by molar-refractivity contribution is 0.530. The average molecular weight is 296 g/mol. The molecule has 0 aliphatic carbocycles. The maximum atomic E-state index is 13.9. The van der Waals surface area contributed by atoms with Crippen LogP contribution in [0.2, 0.25) is 5.02 Å². The van der Waals surface area contributed by atoms with Gasteiger partial charge in [0.25, 0.3) is 0 Å². The molecule has 20 heavy (non-hydrogen) atoms. The minimum Gasteiger partial charge on any atom is -0.316 e. The largest absolute Gasteiger partial charge is 0.316 e. The number of likely N-dealkylation sites (N-methyl/N-ethyl adjacent to an activating group) is 1. The van der Waals surface area contributed by atoms with Crippen molar-refractivity contribution in [2.45, 2.75) is 18.9 Å². The second kappa shape index (κ2) is 6.82. The van der Waals surface area contributed by atoms with Crippen LogP contribution in [-0.4, -0.2) is 13.1 Å². The second-order valence-corrected chi connectivity index (χ2v) is 5.14. The molecule has 0 aliphatic heterocycles. The van der Waals surface area contributed by atoms with Gasteiger partial charge in [0.05, 0.1) is 5.02 Å². The molecule has 0 amide bonds. The minimum absolute atomic E-state index is 0.0183. The standard InChI is InChI=1S/C16H16ClF2N/c1-20-14(9-11-4-2-6-13(18)8-11)10-12-5-3-7-15(17)16(12)19/h2-8,14,20H,9-10H2,1H3. The highest BCUT2D eigenvalue weighted by Gasteiger charge is 2.13. The van der Waals surface area contributed by atoms with E-state index in [4.69, 9.17) is 11.6 Å². The van der Waals surface area contributed by atoms with E-state index < -0.39 is 0 Å². The van der Waals surface area contributed by atoms with Crippen LogP contribution in [0.4, 0.5) is 8.78 Å². The Labute approximate surface area is 122 Å². The second-order valence-electron chi connectivity index (χ2n) is 4.74. The number of rotatable bonds is 5. The number of benzene rings is 2. The summed E-state index contributed by atoms with van der Waals surface area (Å²) in [7, 11) is 1.81. The molecular formula is C16H16ClF2N. The van der Waals surface area contributed by atoms with Gasteiger partial charge in [-0.05, 0) is 49.2 Å². The van der Waals surface area contributed by atoms with Gasteiger partial charge in [-0.3, -0.25) is 0 Å². The smallest absolute Gasteiger partial charge is 0.145 e. The fourth-order valence-electron chi connectivity index (χ4n) is 2.20. The maximum Gasteiger partial charge on any atom is 0.145 e. The van der Waals surface area contributed by atoms with Gasteiger partial charge in [0, 0.05) is 6.04 Å². The molecule has 1 atom stereocenters. The molecule has 0 bridgehead atoms. The van der Waals surface area contributed by atoms with Gasteiger partial charge >= 0.3 is 0 Å². The summed E-state index contributed by atoms with van der Waals surface area (Å²) in [6, 6.07) is 11.4. The first-order valence-electron chi connectivity index (χ1n) is 6.44. The zero-order chi connectivity index (χ0) is 14.5. The van der Waals surface area contributed by atoms with Crippen molar-refractivity contribution in [2.75, 3.05) is 7.05 Å². The van der Waals surface area contributed by atoms with Crippen LogP contribution in [-0.2, 0) is 12.8 Å². The van der Waals surface area contributed by atoms with Gasteiger partial charge in [-0.15, -0.1) is 0 Å². The van der Waals surface area contributed by atoms with Gasteiger partial charge in [-0.2, -0.15) is 0 Å². The Balaban J connectivity index is 2.11. The van der Waals surface area contributed by atoms with E-state index in [9.17, 15) is 8.78 Å². The fourth-order valence-corrected chi connectivity index (χ4v) is 2.39. The number of nitrogens with one attached hydrogen (secondary N) is 1. The fraction of sp³-hybridized carbons (Fsp3) is 0.250. The Morgan fingerprint density at radius 3 is 2.55 bits per heavy atom. The van der Waals surface area contributed by atoms with Gasteiger partial charge in [-0.1, -0.05) is 35.9 Å². The molecule has 0 aromatic heterocycles. The van der Waals surface area contributed by atoms with Gasteiger partial charge in [-0.25, -0.2) is 8.78 Å². The molecule has 0 fully saturated rings. The summed E-state index contributed by atoms with van der Waals surface area (Å²) >= 11 is 5.78. The lowest BCUT2D eigenvalue weighted by atomic mass is 9.99. The van der Waals surface area contributed by atoms with Crippen molar-refractivity contribution in [3.63, 3.8) is 0 Å². The number of hydrogen-bond acceptors (Lipinski definition) is 1. The lowest BCUT2D eigenvalue weighted by Gasteiger charge is -2.17. The molecule has 2 aromatic rings.